The summed E-state index contributed by atoms with van der Waals surface area (Å²) in [6, 6.07) is 11.1. The number of hydrogen-bond donors (Lipinski definition) is 0. The van der Waals surface area contributed by atoms with E-state index in [2.05, 4.69) is 33.7 Å². The van der Waals surface area contributed by atoms with Crippen molar-refractivity contribution in [3.8, 4) is 0 Å². The summed E-state index contributed by atoms with van der Waals surface area (Å²) in [5.41, 5.74) is 2.02. The van der Waals surface area contributed by atoms with E-state index >= 15 is 0 Å². The van der Waals surface area contributed by atoms with Crippen molar-refractivity contribution >= 4 is 22.9 Å². The number of nitrogens with zero attached hydrogens (tertiary/aromatic N) is 8. The lowest BCUT2D eigenvalue weighted by atomic mass is 10.1. The number of likely N-dealkylation sites (N-methyl/N-ethyl adjacent to an activating group) is 2. The van der Waals surface area contributed by atoms with E-state index in [1.165, 1.54) is 0 Å². The van der Waals surface area contributed by atoms with Gasteiger partial charge in [-0.2, -0.15) is 0 Å². The molecule has 0 spiro atoms. The van der Waals surface area contributed by atoms with E-state index < -0.39 is 0 Å². The first-order valence-electron chi connectivity index (χ1n) is 12.9. The van der Waals surface area contributed by atoms with Crippen molar-refractivity contribution in [3.05, 3.63) is 80.6 Å². The Morgan fingerprint density at radius 1 is 0.622 bits per heavy atom. The Kier molecular flexibility index (Phi) is 6.13. The number of aromatic nitrogens is 4. The van der Waals surface area contributed by atoms with Gasteiger partial charge in [0.2, 0.25) is 0 Å². The number of fused-ring (bicyclic) bond motifs is 2. The molecule has 2 aliphatic heterocycles. The van der Waals surface area contributed by atoms with Crippen molar-refractivity contribution < 1.29 is 0 Å². The quantitative estimate of drug-likeness (QED) is 0.407. The molecule has 10 heteroatoms. The Morgan fingerprint density at radius 2 is 1.03 bits per heavy atom. The highest BCUT2D eigenvalue weighted by Crippen LogP contribution is 2.25. The van der Waals surface area contributed by atoms with E-state index in [0.29, 0.717) is 34.1 Å². The number of piperazine rings is 2. The van der Waals surface area contributed by atoms with Gasteiger partial charge in [0.1, 0.15) is 22.9 Å². The fourth-order valence-electron chi connectivity index (χ4n) is 5.27. The van der Waals surface area contributed by atoms with E-state index in [1.54, 1.807) is 21.2 Å². The second kappa shape index (κ2) is 9.60. The largest absolute Gasteiger partial charge is 0.354 e. The molecule has 4 aromatic rings. The van der Waals surface area contributed by atoms with Crippen LogP contribution in [0.2, 0.25) is 0 Å². The van der Waals surface area contributed by atoms with Crippen molar-refractivity contribution in [2.75, 3.05) is 76.3 Å². The summed E-state index contributed by atoms with van der Waals surface area (Å²) >= 11 is 0. The van der Waals surface area contributed by atoms with Gasteiger partial charge in [0.15, 0.2) is 0 Å². The van der Waals surface area contributed by atoms with Crippen molar-refractivity contribution in [2.45, 2.75) is 6.42 Å². The molecule has 0 unspecified atom stereocenters. The maximum absolute atomic E-state index is 13.9. The Morgan fingerprint density at radius 3 is 1.43 bits per heavy atom. The van der Waals surface area contributed by atoms with Gasteiger partial charge >= 0.3 is 0 Å². The molecule has 0 N–H and O–H groups in total. The van der Waals surface area contributed by atoms with Gasteiger partial charge in [-0.1, -0.05) is 12.1 Å². The van der Waals surface area contributed by atoms with Crippen LogP contribution in [-0.4, -0.2) is 95.0 Å². The lowest BCUT2D eigenvalue weighted by Gasteiger charge is -2.35. The molecule has 0 amide bonds. The molecule has 192 valence electrons. The van der Waals surface area contributed by atoms with Crippen LogP contribution in [0.15, 0.2) is 58.4 Å². The van der Waals surface area contributed by atoms with Crippen LogP contribution >= 0.6 is 0 Å². The smallest absolute Gasteiger partial charge is 0.263 e. The van der Waals surface area contributed by atoms with Crippen LogP contribution in [-0.2, 0) is 6.42 Å². The third-order valence-electron chi connectivity index (χ3n) is 7.57. The zero-order chi connectivity index (χ0) is 25.5. The summed E-state index contributed by atoms with van der Waals surface area (Å²) in [6.45, 7) is 6.67. The van der Waals surface area contributed by atoms with Crippen molar-refractivity contribution in [2.24, 2.45) is 0 Å². The van der Waals surface area contributed by atoms with Crippen LogP contribution in [0, 0.1) is 0 Å². The molecule has 2 saturated heterocycles. The zero-order valence-corrected chi connectivity index (χ0v) is 21.4. The maximum atomic E-state index is 13.9. The lowest BCUT2D eigenvalue weighted by molar-refractivity contribution is 0.311. The van der Waals surface area contributed by atoms with Crippen LogP contribution in [0.1, 0.15) is 11.1 Å². The Labute approximate surface area is 215 Å². The van der Waals surface area contributed by atoms with Gasteiger partial charge in [-0.15, -0.1) is 0 Å². The molecule has 2 fully saturated rings. The summed E-state index contributed by atoms with van der Waals surface area (Å²) in [6.07, 6.45) is 3.67. The fourth-order valence-corrected chi connectivity index (χ4v) is 5.27. The van der Waals surface area contributed by atoms with E-state index in [1.807, 2.05) is 36.4 Å². The molecule has 0 saturated carbocycles. The average molecular weight is 501 g/mol. The number of rotatable bonds is 4. The number of pyridine rings is 2. The van der Waals surface area contributed by atoms with Crippen LogP contribution in [0.5, 0.6) is 0 Å². The van der Waals surface area contributed by atoms with Crippen molar-refractivity contribution in [3.63, 3.8) is 0 Å². The summed E-state index contributed by atoms with van der Waals surface area (Å²) < 4.78 is 3.16. The standard InChI is InChI=1S/C27H32N8O2/c1-30-11-15-32(16-12-30)24-20(26(36)34-9-5-3-7-22(34)28-24)19-21-25(33-17-13-31(2)14-18-33)29-23-8-4-6-10-35(23)27(21)37/h3-10H,11-19H2,1-2H3. The first-order chi connectivity index (χ1) is 18.0. The van der Waals surface area contributed by atoms with E-state index in [0.717, 1.165) is 52.4 Å². The average Bonchev–Trinajstić information content (AvgIpc) is 2.92. The topological polar surface area (TPSA) is 81.7 Å². The van der Waals surface area contributed by atoms with Crippen LogP contribution < -0.4 is 20.9 Å². The van der Waals surface area contributed by atoms with Gasteiger partial charge < -0.3 is 19.6 Å². The number of hydrogen-bond acceptors (Lipinski definition) is 8. The molecule has 10 nitrogen and oxygen atoms in total. The lowest BCUT2D eigenvalue weighted by Crippen LogP contribution is -2.46. The minimum atomic E-state index is -0.138. The molecule has 0 aliphatic carbocycles. The van der Waals surface area contributed by atoms with Gasteiger partial charge in [0.25, 0.3) is 11.1 Å². The monoisotopic (exact) mass is 500 g/mol. The SMILES string of the molecule is CN1CCN(c2nc3ccccn3c(=O)c2Cc2c(N3CCN(C)CC3)nc3ccccn3c2=O)CC1. The van der Waals surface area contributed by atoms with Gasteiger partial charge in [-0.05, 0) is 38.4 Å². The Balaban J connectivity index is 1.53. The minimum Gasteiger partial charge on any atom is -0.354 e. The van der Waals surface area contributed by atoms with Gasteiger partial charge in [0.05, 0.1) is 11.1 Å². The van der Waals surface area contributed by atoms with Gasteiger partial charge in [-0.25, -0.2) is 9.97 Å². The second-order valence-corrected chi connectivity index (χ2v) is 10.1. The molecule has 37 heavy (non-hydrogen) atoms. The molecule has 0 radical (unpaired) electrons. The molecular formula is C27H32N8O2. The summed E-state index contributed by atoms with van der Waals surface area (Å²) in [5, 5.41) is 0. The van der Waals surface area contributed by atoms with E-state index in [4.69, 9.17) is 9.97 Å². The Hall–Kier alpha value is -3.76. The second-order valence-electron chi connectivity index (χ2n) is 10.1. The predicted molar refractivity (Wildman–Crippen MR) is 145 cm³/mol. The minimum absolute atomic E-state index is 0.138. The highest BCUT2D eigenvalue weighted by atomic mass is 16.1. The molecule has 0 aromatic carbocycles. The van der Waals surface area contributed by atoms with E-state index in [-0.39, 0.29) is 17.5 Å². The Bertz CT molecular complexity index is 1450. The number of anilines is 2. The summed E-state index contributed by atoms with van der Waals surface area (Å²) in [4.78, 5) is 46.6. The molecule has 0 atom stereocenters. The van der Waals surface area contributed by atoms with Gasteiger partial charge in [0, 0.05) is 71.2 Å². The molecular weight excluding hydrogens is 468 g/mol. The highest BCUT2D eigenvalue weighted by Gasteiger charge is 2.27. The molecule has 6 heterocycles. The van der Waals surface area contributed by atoms with Crippen molar-refractivity contribution in [1.29, 1.82) is 0 Å². The summed E-state index contributed by atoms with van der Waals surface area (Å²) in [5.74, 6) is 1.34. The molecule has 6 rings (SSSR count). The summed E-state index contributed by atoms with van der Waals surface area (Å²) in [7, 11) is 4.20. The first-order valence-corrected chi connectivity index (χ1v) is 12.9. The maximum Gasteiger partial charge on any atom is 0.263 e. The van der Waals surface area contributed by atoms with Crippen LogP contribution in [0.4, 0.5) is 11.6 Å². The van der Waals surface area contributed by atoms with E-state index in [9.17, 15) is 9.59 Å². The first kappa shape index (κ1) is 23.6. The highest BCUT2D eigenvalue weighted by molar-refractivity contribution is 5.59. The zero-order valence-electron chi connectivity index (χ0n) is 21.4. The molecule has 0 bridgehead atoms. The van der Waals surface area contributed by atoms with Crippen molar-refractivity contribution in [1.82, 2.24) is 28.6 Å². The third kappa shape index (κ3) is 4.36. The third-order valence-corrected chi connectivity index (χ3v) is 7.57. The van der Waals surface area contributed by atoms with Crippen LogP contribution in [0.25, 0.3) is 11.3 Å². The molecule has 2 aliphatic rings. The normalized spacial score (nSPS) is 17.7. The molecule has 4 aromatic heterocycles. The van der Waals surface area contributed by atoms with Crippen LogP contribution in [0.3, 0.4) is 0 Å². The fraction of sp³-hybridized carbons (Fsp3) is 0.407. The van der Waals surface area contributed by atoms with Gasteiger partial charge in [-0.3, -0.25) is 18.4 Å². The predicted octanol–water partition coefficient (Wildman–Crippen LogP) is 0.797.